The summed E-state index contributed by atoms with van der Waals surface area (Å²) in [7, 11) is 0. The Balaban J connectivity index is 2.24. The van der Waals surface area contributed by atoms with Gasteiger partial charge in [-0.1, -0.05) is 32.9 Å². The molecule has 0 radical (unpaired) electrons. The second-order valence-corrected chi connectivity index (χ2v) is 5.63. The molecule has 2 rings (SSSR count). The Labute approximate surface area is 125 Å². The number of hydrogen-bond donors (Lipinski definition) is 2. The van der Waals surface area contributed by atoms with Gasteiger partial charge in [0.1, 0.15) is 11.6 Å². The van der Waals surface area contributed by atoms with Crippen molar-refractivity contribution in [3.63, 3.8) is 0 Å². The summed E-state index contributed by atoms with van der Waals surface area (Å²) in [6.45, 7) is 6.61. The van der Waals surface area contributed by atoms with E-state index in [0.29, 0.717) is 17.2 Å². The van der Waals surface area contributed by atoms with E-state index in [1.54, 1.807) is 18.3 Å². The zero-order valence-electron chi connectivity index (χ0n) is 12.7. The zero-order valence-corrected chi connectivity index (χ0v) is 12.7. The SMILES string of the molecule is CCC(C)(C)c1ccc(Oc2ncccc2C(=N)N)cc1. The number of hydrogen-bond acceptors (Lipinski definition) is 3. The molecule has 21 heavy (non-hydrogen) atoms. The van der Waals surface area contributed by atoms with Crippen LogP contribution in [-0.4, -0.2) is 10.8 Å². The van der Waals surface area contributed by atoms with Crippen molar-refractivity contribution in [2.45, 2.75) is 32.6 Å². The lowest BCUT2D eigenvalue weighted by Gasteiger charge is -2.23. The second-order valence-electron chi connectivity index (χ2n) is 5.63. The van der Waals surface area contributed by atoms with Gasteiger partial charge in [0.2, 0.25) is 5.88 Å². The molecule has 0 fully saturated rings. The first-order valence-corrected chi connectivity index (χ1v) is 7.02. The average Bonchev–Trinajstić information content (AvgIpc) is 2.48. The number of amidine groups is 1. The fourth-order valence-electron chi connectivity index (χ4n) is 1.97. The number of aromatic nitrogens is 1. The maximum Gasteiger partial charge on any atom is 0.230 e. The third-order valence-corrected chi connectivity index (χ3v) is 3.80. The van der Waals surface area contributed by atoms with Crippen LogP contribution >= 0.6 is 0 Å². The van der Waals surface area contributed by atoms with Crippen molar-refractivity contribution in [3.8, 4) is 11.6 Å². The molecule has 0 bridgehead atoms. The summed E-state index contributed by atoms with van der Waals surface area (Å²) >= 11 is 0. The van der Waals surface area contributed by atoms with E-state index in [1.807, 2.05) is 12.1 Å². The highest BCUT2D eigenvalue weighted by Gasteiger charge is 2.17. The molecule has 0 unspecified atom stereocenters. The minimum Gasteiger partial charge on any atom is -0.438 e. The van der Waals surface area contributed by atoms with Crippen molar-refractivity contribution >= 4 is 5.84 Å². The minimum atomic E-state index is -0.0539. The first-order chi connectivity index (χ1) is 9.94. The quantitative estimate of drug-likeness (QED) is 0.646. The first kappa shape index (κ1) is 15.0. The van der Waals surface area contributed by atoms with Crippen molar-refractivity contribution in [2.75, 3.05) is 0 Å². The number of ether oxygens (including phenoxy) is 1. The Kier molecular flexibility index (Phi) is 4.26. The van der Waals surface area contributed by atoms with E-state index in [-0.39, 0.29) is 11.3 Å². The lowest BCUT2D eigenvalue weighted by Crippen LogP contribution is -2.15. The average molecular weight is 283 g/mol. The van der Waals surface area contributed by atoms with E-state index in [9.17, 15) is 0 Å². The van der Waals surface area contributed by atoms with E-state index < -0.39 is 0 Å². The Morgan fingerprint density at radius 3 is 2.48 bits per heavy atom. The number of nitrogens with two attached hydrogens (primary N) is 1. The number of nitrogens with zero attached hydrogens (tertiary/aromatic N) is 1. The van der Waals surface area contributed by atoms with Crippen LogP contribution in [0.15, 0.2) is 42.6 Å². The Morgan fingerprint density at radius 2 is 1.90 bits per heavy atom. The highest BCUT2D eigenvalue weighted by molar-refractivity contribution is 5.97. The summed E-state index contributed by atoms with van der Waals surface area (Å²) in [5.41, 5.74) is 7.44. The Bertz CT molecular complexity index is 633. The molecule has 4 nitrogen and oxygen atoms in total. The van der Waals surface area contributed by atoms with Crippen LogP contribution in [-0.2, 0) is 5.41 Å². The molecule has 1 aromatic carbocycles. The van der Waals surface area contributed by atoms with Crippen LogP contribution in [0.5, 0.6) is 11.6 Å². The van der Waals surface area contributed by atoms with E-state index in [0.717, 1.165) is 6.42 Å². The maximum atomic E-state index is 7.54. The third-order valence-electron chi connectivity index (χ3n) is 3.80. The molecule has 2 aromatic rings. The van der Waals surface area contributed by atoms with Crippen LogP contribution in [0.4, 0.5) is 0 Å². The lowest BCUT2D eigenvalue weighted by molar-refractivity contribution is 0.459. The molecule has 0 spiro atoms. The summed E-state index contributed by atoms with van der Waals surface area (Å²) in [6.07, 6.45) is 2.69. The fourth-order valence-corrected chi connectivity index (χ4v) is 1.97. The molecule has 0 atom stereocenters. The molecular weight excluding hydrogens is 262 g/mol. The zero-order chi connectivity index (χ0) is 15.5. The molecule has 0 saturated carbocycles. The molecule has 1 heterocycles. The van der Waals surface area contributed by atoms with Crippen molar-refractivity contribution in [2.24, 2.45) is 5.73 Å². The van der Waals surface area contributed by atoms with Gasteiger partial charge in [-0.15, -0.1) is 0 Å². The van der Waals surface area contributed by atoms with Crippen LogP contribution in [0, 0.1) is 5.41 Å². The van der Waals surface area contributed by atoms with Gasteiger partial charge in [-0.25, -0.2) is 4.98 Å². The molecule has 4 heteroatoms. The van der Waals surface area contributed by atoms with Gasteiger partial charge in [0.05, 0.1) is 5.56 Å². The highest BCUT2D eigenvalue weighted by Crippen LogP contribution is 2.29. The molecule has 0 aliphatic rings. The normalized spacial score (nSPS) is 11.2. The molecule has 110 valence electrons. The van der Waals surface area contributed by atoms with Gasteiger partial charge in [-0.2, -0.15) is 0 Å². The van der Waals surface area contributed by atoms with Crippen LogP contribution in [0.1, 0.15) is 38.3 Å². The summed E-state index contributed by atoms with van der Waals surface area (Å²) in [6, 6.07) is 11.4. The number of pyridine rings is 1. The van der Waals surface area contributed by atoms with Gasteiger partial charge in [-0.05, 0) is 41.7 Å². The van der Waals surface area contributed by atoms with Gasteiger partial charge in [-0.3, -0.25) is 5.41 Å². The van der Waals surface area contributed by atoms with Crippen molar-refractivity contribution in [1.29, 1.82) is 5.41 Å². The Hall–Kier alpha value is -2.36. The van der Waals surface area contributed by atoms with E-state index in [2.05, 4.69) is 37.9 Å². The van der Waals surface area contributed by atoms with E-state index >= 15 is 0 Å². The van der Waals surface area contributed by atoms with Gasteiger partial charge in [0.25, 0.3) is 0 Å². The van der Waals surface area contributed by atoms with Crippen molar-refractivity contribution < 1.29 is 4.74 Å². The second kappa shape index (κ2) is 5.95. The predicted octanol–water partition coefficient (Wildman–Crippen LogP) is 3.85. The number of nitrogens with one attached hydrogen (secondary N) is 1. The molecule has 3 N–H and O–H groups in total. The molecular formula is C17H21N3O. The van der Waals surface area contributed by atoms with Crippen LogP contribution < -0.4 is 10.5 Å². The van der Waals surface area contributed by atoms with Crippen LogP contribution in [0.2, 0.25) is 0 Å². The van der Waals surface area contributed by atoms with E-state index in [4.69, 9.17) is 15.9 Å². The molecule has 0 saturated heterocycles. The summed E-state index contributed by atoms with van der Waals surface area (Å²) in [5.74, 6) is 0.987. The highest BCUT2D eigenvalue weighted by atomic mass is 16.5. The number of rotatable bonds is 5. The number of nitrogen functional groups attached to an aromatic ring is 1. The summed E-state index contributed by atoms with van der Waals surface area (Å²) < 4.78 is 5.74. The molecule has 0 aliphatic carbocycles. The van der Waals surface area contributed by atoms with Crippen LogP contribution in [0.3, 0.4) is 0 Å². The van der Waals surface area contributed by atoms with Crippen molar-refractivity contribution in [1.82, 2.24) is 4.98 Å². The maximum absolute atomic E-state index is 7.54. The third kappa shape index (κ3) is 3.40. The topological polar surface area (TPSA) is 72.0 Å². The monoisotopic (exact) mass is 283 g/mol. The lowest BCUT2D eigenvalue weighted by atomic mass is 9.82. The van der Waals surface area contributed by atoms with Crippen LogP contribution in [0.25, 0.3) is 0 Å². The van der Waals surface area contributed by atoms with Gasteiger partial charge in [0, 0.05) is 6.20 Å². The summed E-state index contributed by atoms with van der Waals surface area (Å²) in [4.78, 5) is 4.14. The Morgan fingerprint density at radius 1 is 1.24 bits per heavy atom. The fraction of sp³-hybridized carbons (Fsp3) is 0.294. The van der Waals surface area contributed by atoms with Gasteiger partial charge in [0.15, 0.2) is 0 Å². The minimum absolute atomic E-state index is 0.0539. The largest absolute Gasteiger partial charge is 0.438 e. The molecule has 0 aliphatic heterocycles. The predicted molar refractivity (Wildman–Crippen MR) is 85.1 cm³/mol. The summed E-state index contributed by atoms with van der Waals surface area (Å²) in [5, 5.41) is 7.54. The number of benzene rings is 1. The van der Waals surface area contributed by atoms with E-state index in [1.165, 1.54) is 5.56 Å². The van der Waals surface area contributed by atoms with Crippen molar-refractivity contribution in [3.05, 3.63) is 53.7 Å². The van der Waals surface area contributed by atoms with Gasteiger partial charge >= 0.3 is 0 Å². The molecule has 1 aromatic heterocycles. The smallest absolute Gasteiger partial charge is 0.230 e. The first-order valence-electron chi connectivity index (χ1n) is 7.02. The standard InChI is InChI=1S/C17H21N3O/c1-4-17(2,3)12-7-9-13(10-8-12)21-16-14(15(18)19)6-5-11-20-16/h5-11H,4H2,1-3H3,(H3,18,19). The molecule has 0 amide bonds. The van der Waals surface area contributed by atoms with Gasteiger partial charge < -0.3 is 10.5 Å².